The van der Waals surface area contributed by atoms with Crippen LogP contribution in [-0.4, -0.2) is 44.7 Å². The molecule has 0 spiro atoms. The van der Waals surface area contributed by atoms with Crippen LogP contribution in [0.1, 0.15) is 38.1 Å². The molecule has 1 aromatic heterocycles. The molecular weight excluding hydrogens is 348 g/mol. The van der Waals surface area contributed by atoms with E-state index in [-0.39, 0.29) is 23.9 Å². The highest BCUT2D eigenvalue weighted by Crippen LogP contribution is 2.18. The molecule has 26 heavy (non-hydrogen) atoms. The van der Waals surface area contributed by atoms with E-state index >= 15 is 0 Å². The second-order valence-corrected chi connectivity index (χ2v) is 7.35. The summed E-state index contributed by atoms with van der Waals surface area (Å²) in [4.78, 5) is 26.3. The lowest BCUT2D eigenvalue weighted by atomic mass is 10.2. The van der Waals surface area contributed by atoms with Crippen LogP contribution >= 0.6 is 11.8 Å². The number of aromatic nitrogens is 2. The molecule has 0 bridgehead atoms. The van der Waals surface area contributed by atoms with Crippen LogP contribution in [0.5, 0.6) is 0 Å². The van der Waals surface area contributed by atoms with Gasteiger partial charge in [-0.2, -0.15) is 0 Å². The minimum Gasteiger partial charge on any atom is -0.337 e. The number of carbonyl (C=O) groups excluding carboxylic acids is 2. The first-order chi connectivity index (χ1) is 12.4. The SMILES string of the molecule is CC(C)N(C(=O)CSc1ccc(NC(=O)c2ccccc2)nn1)C(C)C. The number of benzene rings is 1. The van der Waals surface area contributed by atoms with E-state index in [0.29, 0.717) is 22.2 Å². The van der Waals surface area contributed by atoms with Gasteiger partial charge >= 0.3 is 0 Å². The molecule has 0 aliphatic rings. The van der Waals surface area contributed by atoms with E-state index in [1.807, 2.05) is 38.7 Å². The van der Waals surface area contributed by atoms with E-state index in [2.05, 4.69) is 15.5 Å². The number of thioether (sulfide) groups is 1. The fourth-order valence-corrected chi connectivity index (χ4v) is 3.31. The molecule has 0 unspecified atom stereocenters. The van der Waals surface area contributed by atoms with E-state index in [4.69, 9.17) is 0 Å². The maximum absolute atomic E-state index is 12.4. The smallest absolute Gasteiger partial charge is 0.256 e. The Hall–Kier alpha value is -2.41. The van der Waals surface area contributed by atoms with Crippen LogP contribution in [0.2, 0.25) is 0 Å². The highest BCUT2D eigenvalue weighted by molar-refractivity contribution is 7.99. The van der Waals surface area contributed by atoms with Crippen molar-refractivity contribution in [1.82, 2.24) is 15.1 Å². The number of rotatable bonds is 7. The van der Waals surface area contributed by atoms with Crippen molar-refractivity contribution < 1.29 is 9.59 Å². The molecule has 0 radical (unpaired) electrons. The van der Waals surface area contributed by atoms with Crippen LogP contribution in [0.4, 0.5) is 5.82 Å². The van der Waals surface area contributed by atoms with Gasteiger partial charge in [-0.15, -0.1) is 10.2 Å². The molecule has 0 saturated carbocycles. The Morgan fingerprint density at radius 2 is 1.65 bits per heavy atom. The monoisotopic (exact) mass is 372 g/mol. The van der Waals surface area contributed by atoms with Crippen molar-refractivity contribution >= 4 is 29.4 Å². The van der Waals surface area contributed by atoms with Gasteiger partial charge in [-0.3, -0.25) is 9.59 Å². The Morgan fingerprint density at radius 1 is 1.00 bits per heavy atom. The standard InChI is InChI=1S/C19H24N4O2S/c1-13(2)23(14(3)4)18(24)12-26-17-11-10-16(21-22-17)20-19(25)15-8-6-5-7-9-15/h5-11,13-14H,12H2,1-4H3,(H,20,21,25). The number of anilines is 1. The zero-order valence-electron chi connectivity index (χ0n) is 15.5. The van der Waals surface area contributed by atoms with Gasteiger partial charge in [0.2, 0.25) is 5.91 Å². The summed E-state index contributed by atoms with van der Waals surface area (Å²) >= 11 is 1.34. The van der Waals surface area contributed by atoms with Gasteiger partial charge in [-0.05, 0) is 52.0 Å². The van der Waals surface area contributed by atoms with Gasteiger partial charge in [0.15, 0.2) is 5.82 Å². The molecule has 0 aliphatic carbocycles. The van der Waals surface area contributed by atoms with Crippen molar-refractivity contribution in [2.24, 2.45) is 0 Å². The molecule has 6 nitrogen and oxygen atoms in total. The fourth-order valence-electron chi connectivity index (χ4n) is 2.62. The van der Waals surface area contributed by atoms with Gasteiger partial charge in [0.25, 0.3) is 5.91 Å². The summed E-state index contributed by atoms with van der Waals surface area (Å²) in [6, 6.07) is 12.7. The summed E-state index contributed by atoms with van der Waals surface area (Å²) in [5, 5.41) is 11.4. The van der Waals surface area contributed by atoms with E-state index in [1.54, 1.807) is 36.4 Å². The lowest BCUT2D eigenvalue weighted by molar-refractivity contribution is -0.131. The third-order valence-corrected chi connectivity index (χ3v) is 4.57. The second-order valence-electron chi connectivity index (χ2n) is 6.35. The predicted octanol–water partition coefficient (Wildman–Crippen LogP) is 3.47. The summed E-state index contributed by atoms with van der Waals surface area (Å²) in [5.74, 6) is 0.518. The van der Waals surface area contributed by atoms with Crippen LogP contribution in [0.15, 0.2) is 47.5 Å². The minimum atomic E-state index is -0.236. The number of amides is 2. The molecule has 2 aromatic rings. The largest absolute Gasteiger partial charge is 0.337 e. The zero-order valence-corrected chi connectivity index (χ0v) is 16.3. The Labute approximate surface area is 158 Å². The molecule has 2 rings (SSSR count). The molecular formula is C19H24N4O2S. The highest BCUT2D eigenvalue weighted by Gasteiger charge is 2.20. The maximum Gasteiger partial charge on any atom is 0.256 e. The summed E-state index contributed by atoms with van der Waals surface area (Å²) < 4.78 is 0. The molecule has 1 aromatic carbocycles. The highest BCUT2D eigenvalue weighted by atomic mass is 32.2. The number of nitrogens with zero attached hydrogens (tertiary/aromatic N) is 3. The van der Waals surface area contributed by atoms with Gasteiger partial charge < -0.3 is 10.2 Å². The lowest BCUT2D eigenvalue weighted by Crippen LogP contribution is -2.43. The summed E-state index contributed by atoms with van der Waals surface area (Å²) in [7, 11) is 0. The first kappa shape index (κ1) is 19.9. The Balaban J connectivity index is 1.91. The van der Waals surface area contributed by atoms with Crippen molar-refractivity contribution in [3.8, 4) is 0 Å². The average Bonchev–Trinajstić information content (AvgIpc) is 2.61. The summed E-state index contributed by atoms with van der Waals surface area (Å²) in [6.45, 7) is 8.03. The van der Waals surface area contributed by atoms with Crippen LogP contribution in [0.3, 0.4) is 0 Å². The first-order valence-corrected chi connectivity index (χ1v) is 9.51. The van der Waals surface area contributed by atoms with Gasteiger partial charge in [0.1, 0.15) is 5.03 Å². The number of carbonyl (C=O) groups is 2. The van der Waals surface area contributed by atoms with Crippen molar-refractivity contribution in [2.45, 2.75) is 44.8 Å². The Morgan fingerprint density at radius 3 is 2.19 bits per heavy atom. The third-order valence-electron chi connectivity index (χ3n) is 3.66. The molecule has 0 fully saturated rings. The molecule has 0 aliphatic heterocycles. The van der Waals surface area contributed by atoms with Gasteiger partial charge in [-0.1, -0.05) is 30.0 Å². The topological polar surface area (TPSA) is 75.2 Å². The fraction of sp³-hybridized carbons (Fsp3) is 0.368. The molecule has 1 heterocycles. The second kappa shape index (κ2) is 9.33. The Kier molecular flexibility index (Phi) is 7.15. The van der Waals surface area contributed by atoms with Gasteiger partial charge in [0.05, 0.1) is 5.75 Å². The molecule has 138 valence electrons. The van der Waals surface area contributed by atoms with Crippen molar-refractivity contribution in [3.63, 3.8) is 0 Å². The number of hydrogen-bond donors (Lipinski definition) is 1. The van der Waals surface area contributed by atoms with Crippen molar-refractivity contribution in [3.05, 3.63) is 48.0 Å². The molecule has 0 atom stereocenters. The van der Waals surface area contributed by atoms with E-state index in [9.17, 15) is 9.59 Å². The summed E-state index contributed by atoms with van der Waals surface area (Å²) in [5.41, 5.74) is 0.556. The van der Waals surface area contributed by atoms with Gasteiger partial charge in [-0.25, -0.2) is 0 Å². The van der Waals surface area contributed by atoms with Crippen LogP contribution < -0.4 is 5.32 Å². The van der Waals surface area contributed by atoms with Gasteiger partial charge in [0, 0.05) is 17.6 Å². The molecule has 1 N–H and O–H groups in total. The van der Waals surface area contributed by atoms with Crippen LogP contribution in [-0.2, 0) is 4.79 Å². The minimum absolute atomic E-state index is 0.0725. The van der Waals surface area contributed by atoms with E-state index in [0.717, 1.165) is 0 Å². The maximum atomic E-state index is 12.4. The quantitative estimate of drug-likeness (QED) is 0.753. The van der Waals surface area contributed by atoms with Crippen molar-refractivity contribution in [1.29, 1.82) is 0 Å². The first-order valence-electron chi connectivity index (χ1n) is 8.52. The molecule has 2 amide bonds. The predicted molar refractivity (Wildman–Crippen MR) is 104 cm³/mol. The van der Waals surface area contributed by atoms with Crippen LogP contribution in [0.25, 0.3) is 0 Å². The van der Waals surface area contributed by atoms with Crippen LogP contribution in [0, 0.1) is 0 Å². The summed E-state index contributed by atoms with van der Waals surface area (Å²) in [6.07, 6.45) is 0. The van der Waals surface area contributed by atoms with E-state index < -0.39 is 0 Å². The normalized spacial score (nSPS) is 10.8. The molecule has 7 heteroatoms. The third kappa shape index (κ3) is 5.56. The number of nitrogens with one attached hydrogen (secondary N) is 1. The Bertz CT molecular complexity index is 725. The zero-order chi connectivity index (χ0) is 19.1. The number of hydrogen-bond acceptors (Lipinski definition) is 5. The van der Waals surface area contributed by atoms with E-state index in [1.165, 1.54) is 11.8 Å². The average molecular weight is 372 g/mol. The molecule has 0 saturated heterocycles. The lowest BCUT2D eigenvalue weighted by Gasteiger charge is -2.30. The van der Waals surface area contributed by atoms with Crippen molar-refractivity contribution in [2.75, 3.05) is 11.1 Å².